The summed E-state index contributed by atoms with van der Waals surface area (Å²) in [7, 11) is 5.67. The van der Waals surface area contributed by atoms with E-state index in [-0.39, 0.29) is 6.15 Å². The first-order chi connectivity index (χ1) is 8.85. The lowest BCUT2D eigenvalue weighted by atomic mass is 10.1. The Labute approximate surface area is 116 Å². The second-order valence-electron chi connectivity index (χ2n) is 3.54. The van der Waals surface area contributed by atoms with Crippen molar-refractivity contribution in [3.05, 3.63) is 0 Å². The van der Waals surface area contributed by atoms with E-state index in [0.717, 1.165) is 18.3 Å². The minimum Gasteiger partial charge on any atom is -0.359 e. The summed E-state index contributed by atoms with van der Waals surface area (Å²) >= 11 is 0. The molecule has 0 aliphatic carbocycles. The Morgan fingerprint density at radius 3 is 2.61 bits per heavy atom. The fourth-order valence-electron chi connectivity index (χ4n) is 1.38. The monoisotopic (exact) mass is 296 g/mol. The van der Waals surface area contributed by atoms with Crippen LogP contribution in [-0.4, -0.2) is 44.5 Å². The molecule has 0 N–H and O–H groups in total. The fraction of sp³-hybridized carbons (Fsp3) is 0.909. The van der Waals surface area contributed by atoms with Gasteiger partial charge in [-0.2, -0.15) is 9.59 Å². The van der Waals surface area contributed by atoms with Gasteiger partial charge in [0, 0.05) is 24.7 Å². The van der Waals surface area contributed by atoms with Gasteiger partial charge in [0.25, 0.3) is 0 Å². The van der Waals surface area contributed by atoms with Crippen LogP contribution in [-0.2, 0) is 23.8 Å². The van der Waals surface area contributed by atoms with E-state index in [1.807, 2.05) is 10.8 Å². The molecule has 1 aliphatic heterocycles. The van der Waals surface area contributed by atoms with Crippen molar-refractivity contribution in [1.29, 1.82) is 0 Å². The molecule has 1 aliphatic rings. The van der Waals surface area contributed by atoms with Gasteiger partial charge in [-0.3, -0.25) is 0 Å². The lowest BCUT2D eigenvalue weighted by Crippen LogP contribution is -2.04. The number of hydrogen-bond acceptors (Lipinski definition) is 7. The predicted molar refractivity (Wildman–Crippen MR) is 71.1 cm³/mol. The lowest BCUT2D eigenvalue weighted by molar-refractivity contribution is -0.191. The van der Waals surface area contributed by atoms with Crippen molar-refractivity contribution in [3.8, 4) is 0 Å². The molecule has 1 fully saturated rings. The number of rotatable bonds is 9. The van der Waals surface area contributed by atoms with Crippen LogP contribution < -0.4 is 0 Å². The van der Waals surface area contributed by atoms with Crippen molar-refractivity contribution in [2.75, 3.05) is 33.1 Å². The zero-order valence-electron chi connectivity index (χ0n) is 10.6. The zero-order chi connectivity index (χ0) is 13.5. The molecule has 106 valence electrons. The molecule has 0 spiro atoms. The highest BCUT2D eigenvalue weighted by molar-refractivity contribution is 8.77. The molecular formula is C11H20O5S2. The zero-order valence-corrected chi connectivity index (χ0v) is 12.2. The number of hydrogen-bond donors (Lipinski definition) is 0. The van der Waals surface area contributed by atoms with E-state index in [2.05, 4.69) is 10.8 Å². The van der Waals surface area contributed by atoms with Gasteiger partial charge in [0.05, 0.1) is 0 Å². The Kier molecular flexibility index (Phi) is 15.0. The third-order valence-electron chi connectivity index (χ3n) is 2.16. The molecule has 1 saturated heterocycles. The van der Waals surface area contributed by atoms with Gasteiger partial charge in [-0.05, 0) is 19.3 Å². The first-order valence-corrected chi connectivity index (χ1v) is 8.15. The summed E-state index contributed by atoms with van der Waals surface area (Å²) in [4.78, 5) is 16.2. The third-order valence-corrected chi connectivity index (χ3v) is 5.17. The third kappa shape index (κ3) is 12.4. The van der Waals surface area contributed by atoms with Crippen molar-refractivity contribution in [2.45, 2.75) is 30.9 Å². The average Bonchev–Trinajstić information content (AvgIpc) is 2.87. The van der Waals surface area contributed by atoms with E-state index >= 15 is 0 Å². The maximum absolute atomic E-state index is 8.12. The van der Waals surface area contributed by atoms with Crippen LogP contribution >= 0.6 is 21.6 Å². The molecule has 18 heavy (non-hydrogen) atoms. The average molecular weight is 296 g/mol. The summed E-state index contributed by atoms with van der Waals surface area (Å²) < 4.78 is 15.0. The van der Waals surface area contributed by atoms with Gasteiger partial charge in [-0.15, -0.1) is 0 Å². The Morgan fingerprint density at radius 1 is 1.22 bits per heavy atom. The summed E-state index contributed by atoms with van der Waals surface area (Å²) in [6, 6.07) is 0. The lowest BCUT2D eigenvalue weighted by Gasteiger charge is -2.07. The molecule has 0 aromatic rings. The minimum absolute atomic E-state index is 0.250. The van der Waals surface area contributed by atoms with E-state index in [1.54, 1.807) is 7.11 Å². The molecule has 1 atom stereocenters. The topological polar surface area (TPSA) is 61.8 Å². The Hall–Kier alpha value is -0.0400. The fourth-order valence-corrected chi connectivity index (χ4v) is 4.40. The van der Waals surface area contributed by atoms with Crippen LogP contribution in [0.5, 0.6) is 0 Å². The summed E-state index contributed by atoms with van der Waals surface area (Å²) in [5, 5.41) is 0.889. The Bertz CT molecular complexity index is 204. The number of methoxy groups -OCH3 is 1. The van der Waals surface area contributed by atoms with Gasteiger partial charge >= 0.3 is 6.15 Å². The quantitative estimate of drug-likeness (QED) is 0.367. The summed E-state index contributed by atoms with van der Waals surface area (Å²) in [6.07, 6.45) is 5.37. The maximum Gasteiger partial charge on any atom is 0.373 e. The van der Waals surface area contributed by atoms with Crippen molar-refractivity contribution in [3.63, 3.8) is 0 Å². The molecule has 1 rings (SSSR count). The Morgan fingerprint density at radius 2 is 2.00 bits per heavy atom. The molecule has 0 radical (unpaired) electrons. The smallest absolute Gasteiger partial charge is 0.359 e. The van der Waals surface area contributed by atoms with Gasteiger partial charge < -0.3 is 14.2 Å². The summed E-state index contributed by atoms with van der Waals surface area (Å²) in [6.45, 7) is 1.46. The van der Waals surface area contributed by atoms with Gasteiger partial charge in [-0.25, -0.2) is 0 Å². The molecule has 0 bridgehead atoms. The highest BCUT2D eigenvalue weighted by atomic mass is 33.1. The van der Waals surface area contributed by atoms with E-state index in [0.29, 0.717) is 13.6 Å². The van der Waals surface area contributed by atoms with E-state index in [4.69, 9.17) is 23.8 Å². The first-order valence-electron chi connectivity index (χ1n) is 5.77. The van der Waals surface area contributed by atoms with Crippen LogP contribution in [0.25, 0.3) is 0 Å². The molecule has 1 unspecified atom stereocenters. The normalized spacial score (nSPS) is 17.9. The van der Waals surface area contributed by atoms with Crippen LogP contribution in [0, 0.1) is 0 Å². The van der Waals surface area contributed by atoms with Crippen molar-refractivity contribution >= 4 is 27.7 Å². The maximum atomic E-state index is 8.12. The van der Waals surface area contributed by atoms with Crippen LogP contribution in [0.4, 0.5) is 0 Å². The highest BCUT2D eigenvalue weighted by Gasteiger charge is 2.15. The molecule has 0 amide bonds. The van der Waals surface area contributed by atoms with E-state index in [1.165, 1.54) is 25.0 Å². The largest absolute Gasteiger partial charge is 0.373 e. The van der Waals surface area contributed by atoms with Crippen LogP contribution in [0.15, 0.2) is 0 Å². The predicted octanol–water partition coefficient (Wildman–Crippen LogP) is 2.32. The van der Waals surface area contributed by atoms with Crippen molar-refractivity contribution in [2.24, 2.45) is 0 Å². The van der Waals surface area contributed by atoms with Crippen molar-refractivity contribution < 1.29 is 23.8 Å². The van der Waals surface area contributed by atoms with Gasteiger partial charge in [-0.1, -0.05) is 28.0 Å². The van der Waals surface area contributed by atoms with E-state index in [9.17, 15) is 0 Å². The molecule has 0 aromatic carbocycles. The van der Waals surface area contributed by atoms with E-state index < -0.39 is 0 Å². The summed E-state index contributed by atoms with van der Waals surface area (Å²) in [5.74, 6) is 1.33. The SMILES string of the molecule is COCOCOCCCCC1CCSS1.O=C=O. The molecule has 7 heteroatoms. The van der Waals surface area contributed by atoms with Gasteiger partial charge in [0.15, 0.2) is 0 Å². The second-order valence-corrected chi connectivity index (χ2v) is 6.33. The number of carbonyl (C=O) groups excluding carboxylic acids is 2. The highest BCUT2D eigenvalue weighted by Crippen LogP contribution is 2.39. The molecule has 0 aromatic heterocycles. The minimum atomic E-state index is 0.250. The molecule has 5 nitrogen and oxygen atoms in total. The Balaban J connectivity index is 0.000000873. The standard InChI is InChI=1S/C10H20O3S2.CO2/c1-11-8-13-9-12-6-3-2-4-10-5-7-14-15-10;2-1-3/h10H,2-9H2,1H3;. The number of ether oxygens (including phenoxy) is 3. The molecular weight excluding hydrogens is 276 g/mol. The van der Waals surface area contributed by atoms with Gasteiger partial charge in [0.1, 0.15) is 13.6 Å². The molecule has 1 heterocycles. The van der Waals surface area contributed by atoms with Crippen LogP contribution in [0.1, 0.15) is 25.7 Å². The second kappa shape index (κ2) is 15.0. The van der Waals surface area contributed by atoms with Crippen LogP contribution in [0.2, 0.25) is 0 Å². The van der Waals surface area contributed by atoms with Gasteiger partial charge in [0.2, 0.25) is 0 Å². The first kappa shape index (κ1) is 18.0. The van der Waals surface area contributed by atoms with Crippen LogP contribution in [0.3, 0.4) is 0 Å². The number of unbranched alkanes of at least 4 members (excludes halogenated alkanes) is 1. The van der Waals surface area contributed by atoms with Crippen molar-refractivity contribution in [1.82, 2.24) is 0 Å². The molecule has 0 saturated carbocycles. The summed E-state index contributed by atoms with van der Waals surface area (Å²) in [5.41, 5.74) is 0.